The van der Waals surface area contributed by atoms with E-state index in [0.29, 0.717) is 0 Å². The lowest BCUT2D eigenvalue weighted by Gasteiger charge is -2.17. The van der Waals surface area contributed by atoms with Gasteiger partial charge in [0.2, 0.25) is 0 Å². The van der Waals surface area contributed by atoms with E-state index < -0.39 is 43.0 Å². The molecular weight excluding hydrogens is 221 g/mol. The van der Waals surface area contributed by atoms with Gasteiger partial charge in [-0.1, -0.05) is 6.92 Å². The van der Waals surface area contributed by atoms with E-state index in [9.17, 15) is 14.4 Å². The summed E-state index contributed by atoms with van der Waals surface area (Å²) in [6.07, 6.45) is -1.01. The molecule has 16 heavy (non-hydrogen) atoms. The van der Waals surface area contributed by atoms with Gasteiger partial charge >= 0.3 is 25.0 Å². The first-order valence-corrected chi connectivity index (χ1v) is 4.39. The second-order valence-electron chi connectivity index (χ2n) is 3.45. The predicted octanol–water partition coefficient (Wildman–Crippen LogP) is -1.77. The number of carboxylic acid groups (broad SMARTS) is 2. The lowest BCUT2D eigenvalue weighted by atomic mass is 9.80. The lowest BCUT2D eigenvalue weighted by Crippen LogP contribution is -2.48. The number of carbonyl (C=O) groups is 3. The first kappa shape index (κ1) is 12.5. The van der Waals surface area contributed by atoms with Crippen molar-refractivity contribution in [3.05, 3.63) is 0 Å². The van der Waals surface area contributed by atoms with Crippen LogP contribution in [0.5, 0.6) is 0 Å². The monoisotopic (exact) mass is 231 g/mol. The summed E-state index contributed by atoms with van der Waals surface area (Å²) in [6.45, 7) is 1.44. The standard InChI is InChI=1S/C7H10BNO7/c1-3(9)8-15-6(14)7(16-8,5(12)13)2-4(10)11/h3H,2,9H2,1H3,(H,10,11)(H,12,13)/t3-,7?/m1/s1. The fraction of sp³-hybridized carbons (Fsp3) is 0.571. The van der Waals surface area contributed by atoms with E-state index in [2.05, 4.69) is 4.65 Å². The molecule has 0 aromatic heterocycles. The number of carbonyl (C=O) groups excluding carboxylic acids is 1. The summed E-state index contributed by atoms with van der Waals surface area (Å²) in [4.78, 5) is 32.8. The van der Waals surface area contributed by atoms with Crippen molar-refractivity contribution in [3.63, 3.8) is 0 Å². The van der Waals surface area contributed by atoms with Crippen molar-refractivity contribution in [1.82, 2.24) is 0 Å². The summed E-state index contributed by atoms with van der Waals surface area (Å²) in [5, 5.41) is 17.4. The van der Waals surface area contributed by atoms with Crippen LogP contribution < -0.4 is 5.73 Å². The van der Waals surface area contributed by atoms with Crippen molar-refractivity contribution in [1.29, 1.82) is 0 Å². The Morgan fingerprint density at radius 1 is 1.56 bits per heavy atom. The van der Waals surface area contributed by atoms with Crippen LogP contribution in [0.4, 0.5) is 0 Å². The fourth-order valence-corrected chi connectivity index (χ4v) is 1.23. The Balaban J connectivity index is 2.99. The topological polar surface area (TPSA) is 136 Å². The molecule has 0 amide bonds. The first-order valence-electron chi connectivity index (χ1n) is 4.39. The Kier molecular flexibility index (Phi) is 3.20. The number of carboxylic acids is 2. The Bertz CT molecular complexity index is 344. The van der Waals surface area contributed by atoms with Crippen molar-refractivity contribution < 1.29 is 33.9 Å². The molecule has 0 aromatic carbocycles. The van der Waals surface area contributed by atoms with Gasteiger partial charge in [0.25, 0.3) is 5.60 Å². The Labute approximate surface area is 90.5 Å². The third kappa shape index (κ3) is 2.00. The minimum Gasteiger partial charge on any atom is -0.506 e. The maximum atomic E-state index is 11.3. The van der Waals surface area contributed by atoms with Gasteiger partial charge < -0.3 is 25.3 Å². The van der Waals surface area contributed by atoms with Gasteiger partial charge in [0.05, 0.1) is 12.4 Å². The van der Waals surface area contributed by atoms with Crippen LogP contribution in [-0.4, -0.2) is 46.8 Å². The SMILES string of the molecule is C[C@@H](N)B1OC(=O)C(CC(=O)O)(C(=O)O)O1. The molecular formula is C7H10BNO7. The molecule has 1 heterocycles. The third-order valence-corrected chi connectivity index (χ3v) is 2.05. The van der Waals surface area contributed by atoms with Crippen molar-refractivity contribution in [2.75, 3.05) is 0 Å². The highest BCUT2D eigenvalue weighted by molar-refractivity contribution is 6.52. The highest BCUT2D eigenvalue weighted by Crippen LogP contribution is 2.27. The second-order valence-corrected chi connectivity index (χ2v) is 3.45. The average Bonchev–Trinajstić information content (AvgIpc) is 2.44. The highest BCUT2D eigenvalue weighted by atomic mass is 16.7. The molecule has 4 N–H and O–H groups in total. The second kappa shape index (κ2) is 4.10. The summed E-state index contributed by atoms with van der Waals surface area (Å²) < 4.78 is 9.39. The molecule has 1 aliphatic rings. The Morgan fingerprint density at radius 2 is 2.12 bits per heavy atom. The molecule has 0 bridgehead atoms. The number of hydrogen-bond donors (Lipinski definition) is 3. The van der Waals surface area contributed by atoms with Crippen LogP contribution in [0.25, 0.3) is 0 Å². The highest BCUT2D eigenvalue weighted by Gasteiger charge is 2.60. The molecule has 1 unspecified atom stereocenters. The normalized spacial score (nSPS) is 26.4. The van der Waals surface area contributed by atoms with E-state index in [1.165, 1.54) is 6.92 Å². The van der Waals surface area contributed by atoms with E-state index in [-0.39, 0.29) is 0 Å². The molecule has 9 heteroatoms. The smallest absolute Gasteiger partial charge is 0.506 e. The first-order chi connectivity index (χ1) is 7.29. The van der Waals surface area contributed by atoms with Gasteiger partial charge in [-0.25, -0.2) is 9.59 Å². The molecule has 0 radical (unpaired) electrons. The van der Waals surface area contributed by atoms with E-state index in [0.717, 1.165) is 0 Å². The number of rotatable bonds is 4. The van der Waals surface area contributed by atoms with Crippen LogP contribution in [0.1, 0.15) is 13.3 Å². The fourth-order valence-electron chi connectivity index (χ4n) is 1.23. The summed E-state index contributed by atoms with van der Waals surface area (Å²) in [5.41, 5.74) is 2.87. The molecule has 1 fully saturated rings. The number of hydrogen-bond acceptors (Lipinski definition) is 6. The molecule has 0 saturated carbocycles. The van der Waals surface area contributed by atoms with Gasteiger partial charge in [-0.3, -0.25) is 4.79 Å². The van der Waals surface area contributed by atoms with Gasteiger partial charge in [0.1, 0.15) is 0 Å². The minimum absolute atomic E-state index is 0.751. The van der Waals surface area contributed by atoms with Crippen molar-refractivity contribution in [2.24, 2.45) is 5.73 Å². The lowest BCUT2D eigenvalue weighted by molar-refractivity contribution is -0.168. The molecule has 2 atom stereocenters. The van der Waals surface area contributed by atoms with Crippen molar-refractivity contribution in [3.8, 4) is 0 Å². The molecule has 8 nitrogen and oxygen atoms in total. The van der Waals surface area contributed by atoms with Gasteiger partial charge in [-0.15, -0.1) is 0 Å². The largest absolute Gasteiger partial charge is 0.546 e. The van der Waals surface area contributed by atoms with Crippen LogP contribution in [-0.2, 0) is 23.7 Å². The molecule has 1 rings (SSSR count). The van der Waals surface area contributed by atoms with Gasteiger partial charge in [0.15, 0.2) is 0 Å². The molecule has 0 aliphatic carbocycles. The van der Waals surface area contributed by atoms with Crippen LogP contribution in [0, 0.1) is 0 Å². The van der Waals surface area contributed by atoms with E-state index in [1.54, 1.807) is 0 Å². The summed E-state index contributed by atoms with van der Waals surface area (Å²) in [7, 11) is -1.25. The van der Waals surface area contributed by atoms with Gasteiger partial charge in [-0.2, -0.15) is 0 Å². The van der Waals surface area contributed by atoms with E-state index in [4.69, 9.17) is 20.6 Å². The third-order valence-electron chi connectivity index (χ3n) is 2.05. The molecule has 1 saturated heterocycles. The number of nitrogens with two attached hydrogens (primary N) is 1. The molecule has 0 aromatic rings. The Hall–Kier alpha value is -1.61. The van der Waals surface area contributed by atoms with Crippen LogP contribution in [0.15, 0.2) is 0 Å². The zero-order chi connectivity index (χ0) is 12.5. The van der Waals surface area contributed by atoms with Gasteiger partial charge in [-0.05, 0) is 0 Å². The molecule has 88 valence electrons. The summed E-state index contributed by atoms with van der Waals surface area (Å²) >= 11 is 0. The van der Waals surface area contributed by atoms with Crippen LogP contribution in [0.2, 0.25) is 0 Å². The van der Waals surface area contributed by atoms with Crippen molar-refractivity contribution in [2.45, 2.75) is 24.9 Å². The summed E-state index contributed by atoms with van der Waals surface area (Å²) in [5.74, 6) is -5.18. The minimum atomic E-state index is -2.50. The quantitative estimate of drug-likeness (QED) is 0.382. The zero-order valence-electron chi connectivity index (χ0n) is 8.37. The predicted molar refractivity (Wildman–Crippen MR) is 49.2 cm³/mol. The maximum absolute atomic E-state index is 11.3. The summed E-state index contributed by atoms with van der Waals surface area (Å²) in [6, 6.07) is 0. The zero-order valence-corrected chi connectivity index (χ0v) is 8.37. The van der Waals surface area contributed by atoms with E-state index in [1.807, 2.05) is 0 Å². The van der Waals surface area contributed by atoms with Crippen molar-refractivity contribution >= 4 is 25.0 Å². The van der Waals surface area contributed by atoms with E-state index >= 15 is 0 Å². The number of aliphatic carboxylic acids is 2. The van der Waals surface area contributed by atoms with Crippen LogP contribution in [0.3, 0.4) is 0 Å². The maximum Gasteiger partial charge on any atom is 0.546 e. The van der Waals surface area contributed by atoms with Crippen LogP contribution >= 0.6 is 0 Å². The van der Waals surface area contributed by atoms with Gasteiger partial charge in [0, 0.05) is 0 Å². The molecule has 0 spiro atoms. The Morgan fingerprint density at radius 3 is 2.44 bits per heavy atom. The average molecular weight is 231 g/mol. The molecule has 1 aliphatic heterocycles.